The van der Waals surface area contributed by atoms with E-state index in [4.69, 9.17) is 9.15 Å². The van der Waals surface area contributed by atoms with Crippen LogP contribution in [0, 0.1) is 12.8 Å². The quantitative estimate of drug-likeness (QED) is 0.570. The van der Waals surface area contributed by atoms with Crippen LogP contribution in [0.4, 0.5) is 8.78 Å². The second-order valence-electron chi connectivity index (χ2n) is 10.1. The summed E-state index contributed by atoms with van der Waals surface area (Å²) in [7, 11) is 0. The van der Waals surface area contributed by atoms with Gasteiger partial charge in [-0.3, -0.25) is 4.79 Å². The number of pyridine rings is 1. The molecule has 0 aromatic carbocycles. The molecule has 2 aliphatic rings. The van der Waals surface area contributed by atoms with Gasteiger partial charge in [0.2, 0.25) is 17.7 Å². The van der Waals surface area contributed by atoms with Crippen LogP contribution in [0.2, 0.25) is 0 Å². The van der Waals surface area contributed by atoms with E-state index in [1.54, 1.807) is 12.3 Å². The van der Waals surface area contributed by atoms with Gasteiger partial charge in [-0.05, 0) is 63.5 Å². The van der Waals surface area contributed by atoms with Crippen molar-refractivity contribution in [3.05, 3.63) is 41.2 Å². The van der Waals surface area contributed by atoms with Crippen molar-refractivity contribution >= 4 is 5.91 Å². The minimum atomic E-state index is -2.87. The molecule has 1 saturated carbocycles. The Kier molecular flexibility index (Phi) is 8.36. The number of aryl methyl sites for hydroxylation is 1. The number of halogens is 2. The summed E-state index contributed by atoms with van der Waals surface area (Å²) in [6, 6.07) is 3.90. The Morgan fingerprint density at radius 1 is 1.23 bits per heavy atom. The Morgan fingerprint density at radius 3 is 2.71 bits per heavy atom. The van der Waals surface area contributed by atoms with Crippen molar-refractivity contribution in [3.63, 3.8) is 0 Å². The SMILES string of the molecule is Cc1cnc(CC(=O)NC2CCC(CCN3CCc4ccc(OCC(C)(F)F)nc4CC3)CC2)o1. The lowest BCUT2D eigenvalue weighted by molar-refractivity contribution is -0.121. The van der Waals surface area contributed by atoms with E-state index in [1.165, 1.54) is 5.56 Å². The molecule has 35 heavy (non-hydrogen) atoms. The van der Waals surface area contributed by atoms with Crippen LogP contribution < -0.4 is 10.1 Å². The van der Waals surface area contributed by atoms with Gasteiger partial charge in [0.25, 0.3) is 5.92 Å². The van der Waals surface area contributed by atoms with Crippen molar-refractivity contribution in [2.75, 3.05) is 26.2 Å². The topological polar surface area (TPSA) is 80.5 Å². The Morgan fingerprint density at radius 2 is 2.00 bits per heavy atom. The number of oxazole rings is 1. The summed E-state index contributed by atoms with van der Waals surface area (Å²) in [4.78, 5) is 23.3. The van der Waals surface area contributed by atoms with E-state index in [0.717, 1.165) is 83.0 Å². The van der Waals surface area contributed by atoms with Crippen molar-refractivity contribution in [3.8, 4) is 5.88 Å². The van der Waals surface area contributed by atoms with E-state index in [0.29, 0.717) is 11.8 Å². The number of fused-ring (bicyclic) bond motifs is 1. The van der Waals surface area contributed by atoms with Crippen LogP contribution in [0.25, 0.3) is 0 Å². The average Bonchev–Trinajstić information content (AvgIpc) is 3.10. The lowest BCUT2D eigenvalue weighted by Crippen LogP contribution is -2.39. The third-order valence-corrected chi connectivity index (χ3v) is 6.92. The lowest BCUT2D eigenvalue weighted by atomic mass is 9.84. The van der Waals surface area contributed by atoms with Crippen molar-refractivity contribution in [1.82, 2.24) is 20.2 Å². The standard InChI is InChI=1S/C26H36F2N4O3/c1-18-16-29-25(35-18)15-23(33)30-21-6-3-19(4-7-21)9-12-32-13-10-20-5-8-24(31-22(20)11-14-32)34-17-26(2,27)28/h5,8,16,19,21H,3-4,6-7,9-15,17H2,1-2H3,(H,30,33). The normalized spacial score (nSPS) is 21.3. The second kappa shape index (κ2) is 11.5. The van der Waals surface area contributed by atoms with E-state index in [9.17, 15) is 13.6 Å². The summed E-state index contributed by atoms with van der Waals surface area (Å²) >= 11 is 0. The highest BCUT2D eigenvalue weighted by Gasteiger charge is 2.25. The first-order valence-electron chi connectivity index (χ1n) is 12.7. The molecule has 0 atom stereocenters. The Bertz CT molecular complexity index is 983. The fourth-order valence-corrected chi connectivity index (χ4v) is 4.97. The van der Waals surface area contributed by atoms with Crippen molar-refractivity contribution < 1.29 is 22.7 Å². The highest BCUT2D eigenvalue weighted by Crippen LogP contribution is 2.28. The lowest BCUT2D eigenvalue weighted by Gasteiger charge is -2.30. The van der Waals surface area contributed by atoms with Gasteiger partial charge < -0.3 is 19.4 Å². The van der Waals surface area contributed by atoms with E-state index < -0.39 is 12.5 Å². The highest BCUT2D eigenvalue weighted by molar-refractivity contribution is 5.77. The largest absolute Gasteiger partial charge is 0.471 e. The first-order chi connectivity index (χ1) is 16.7. The molecule has 1 aliphatic heterocycles. The first-order valence-corrected chi connectivity index (χ1v) is 12.7. The van der Waals surface area contributed by atoms with E-state index in [-0.39, 0.29) is 24.2 Å². The maximum atomic E-state index is 13.1. The van der Waals surface area contributed by atoms with Gasteiger partial charge in [-0.2, -0.15) is 0 Å². The molecular weight excluding hydrogens is 454 g/mol. The number of hydrogen-bond acceptors (Lipinski definition) is 6. The van der Waals surface area contributed by atoms with Gasteiger partial charge >= 0.3 is 0 Å². The van der Waals surface area contributed by atoms with Gasteiger partial charge in [-0.15, -0.1) is 0 Å². The molecular formula is C26H36F2N4O3. The predicted molar refractivity (Wildman–Crippen MR) is 128 cm³/mol. The number of aromatic nitrogens is 2. The molecule has 2 aromatic heterocycles. The summed E-state index contributed by atoms with van der Waals surface area (Å²) in [5, 5.41) is 3.13. The molecule has 0 unspecified atom stereocenters. The van der Waals surface area contributed by atoms with Gasteiger partial charge in [0.05, 0.1) is 6.20 Å². The fourth-order valence-electron chi connectivity index (χ4n) is 4.97. The van der Waals surface area contributed by atoms with Crippen LogP contribution in [-0.2, 0) is 24.1 Å². The first kappa shape index (κ1) is 25.5. The van der Waals surface area contributed by atoms with Gasteiger partial charge in [0, 0.05) is 44.2 Å². The molecule has 7 nitrogen and oxygen atoms in total. The summed E-state index contributed by atoms with van der Waals surface area (Å²) in [6.45, 7) is 4.95. The van der Waals surface area contributed by atoms with Gasteiger partial charge in [0.1, 0.15) is 12.2 Å². The van der Waals surface area contributed by atoms with Gasteiger partial charge in [0.15, 0.2) is 6.61 Å². The Hall–Kier alpha value is -2.55. The minimum Gasteiger partial charge on any atom is -0.471 e. The number of nitrogens with one attached hydrogen (secondary N) is 1. The third kappa shape index (κ3) is 7.98. The zero-order valence-corrected chi connectivity index (χ0v) is 20.7. The molecule has 4 rings (SSSR count). The number of hydrogen-bond donors (Lipinski definition) is 1. The zero-order valence-electron chi connectivity index (χ0n) is 20.7. The molecule has 0 radical (unpaired) electrons. The number of alkyl halides is 2. The summed E-state index contributed by atoms with van der Waals surface area (Å²) in [5.41, 5.74) is 2.14. The highest BCUT2D eigenvalue weighted by atomic mass is 19.3. The summed E-state index contributed by atoms with van der Waals surface area (Å²) in [6.07, 6.45) is 8.97. The molecule has 0 bridgehead atoms. The van der Waals surface area contributed by atoms with Crippen molar-refractivity contribution in [2.24, 2.45) is 5.92 Å². The molecule has 1 aliphatic carbocycles. The molecule has 1 fully saturated rings. The van der Waals surface area contributed by atoms with Crippen LogP contribution >= 0.6 is 0 Å². The molecule has 0 saturated heterocycles. The smallest absolute Gasteiger partial charge is 0.278 e. The van der Waals surface area contributed by atoms with Crippen molar-refractivity contribution in [1.29, 1.82) is 0 Å². The van der Waals surface area contributed by atoms with Crippen LogP contribution in [-0.4, -0.2) is 59.0 Å². The van der Waals surface area contributed by atoms with Gasteiger partial charge in [-0.25, -0.2) is 18.7 Å². The van der Waals surface area contributed by atoms with Gasteiger partial charge in [-0.1, -0.05) is 6.07 Å². The van der Waals surface area contributed by atoms with Crippen LogP contribution in [0.15, 0.2) is 22.7 Å². The van der Waals surface area contributed by atoms with E-state index in [1.807, 2.05) is 13.0 Å². The minimum absolute atomic E-state index is 0.0231. The second-order valence-corrected chi connectivity index (χ2v) is 10.1. The number of carbonyl (C=O) groups is 1. The van der Waals surface area contributed by atoms with E-state index >= 15 is 0 Å². The monoisotopic (exact) mass is 490 g/mol. The molecule has 0 spiro atoms. The summed E-state index contributed by atoms with van der Waals surface area (Å²) < 4.78 is 36.7. The predicted octanol–water partition coefficient (Wildman–Crippen LogP) is 4.12. The number of ether oxygens (including phenoxy) is 1. The molecule has 1 amide bonds. The fraction of sp³-hybridized carbons (Fsp3) is 0.654. The maximum absolute atomic E-state index is 13.1. The number of nitrogens with zero attached hydrogens (tertiary/aromatic N) is 3. The summed E-state index contributed by atoms with van der Waals surface area (Å²) in [5.74, 6) is -0.752. The van der Waals surface area contributed by atoms with Crippen molar-refractivity contribution in [2.45, 2.75) is 77.2 Å². The number of carbonyl (C=O) groups excluding carboxylic acids is 1. The van der Waals surface area contributed by atoms with E-state index in [2.05, 4.69) is 20.2 Å². The number of rotatable bonds is 9. The van der Waals surface area contributed by atoms with Crippen LogP contribution in [0.3, 0.4) is 0 Å². The van der Waals surface area contributed by atoms with Crippen LogP contribution in [0.1, 0.15) is 61.9 Å². The van der Waals surface area contributed by atoms with Crippen LogP contribution in [0.5, 0.6) is 5.88 Å². The molecule has 2 aromatic rings. The Balaban J connectivity index is 1.16. The third-order valence-electron chi connectivity index (χ3n) is 6.92. The zero-order chi connectivity index (χ0) is 24.8. The molecule has 1 N–H and O–H groups in total. The Labute approximate surface area is 205 Å². The average molecular weight is 491 g/mol. The number of amides is 1. The molecule has 9 heteroatoms. The maximum Gasteiger partial charge on any atom is 0.278 e. The molecule has 192 valence electrons. The molecule has 3 heterocycles.